The smallest absolute Gasteiger partial charge is 0.293 e. The Labute approximate surface area is 96.1 Å². The molecule has 0 aliphatic heterocycles. The third-order valence-corrected chi connectivity index (χ3v) is 1.92. The Balaban J connectivity index is 3.27. The highest BCUT2D eigenvalue weighted by atomic mass is 19.1. The monoisotopic (exact) mass is 242 g/mol. The van der Waals surface area contributed by atoms with Crippen LogP contribution in [0.25, 0.3) is 0 Å². The van der Waals surface area contributed by atoms with Crippen LogP contribution in [0.5, 0.6) is 0 Å². The number of hydrazine groups is 1. The fraction of sp³-hybridized carbons (Fsp3) is 0.222. The van der Waals surface area contributed by atoms with Crippen LogP contribution in [0.2, 0.25) is 0 Å². The van der Waals surface area contributed by atoms with Gasteiger partial charge < -0.3 is 5.73 Å². The Morgan fingerprint density at radius 1 is 1.53 bits per heavy atom. The third kappa shape index (κ3) is 2.67. The largest absolute Gasteiger partial charge is 0.392 e. The average molecular weight is 242 g/mol. The number of amides is 1. The van der Waals surface area contributed by atoms with E-state index < -0.39 is 33.6 Å². The minimum absolute atomic E-state index is 0.491. The summed E-state index contributed by atoms with van der Waals surface area (Å²) in [5, 5.41) is 11.9. The maximum absolute atomic E-state index is 13.4. The van der Waals surface area contributed by atoms with Crippen molar-refractivity contribution >= 4 is 17.3 Å². The van der Waals surface area contributed by atoms with E-state index in [4.69, 9.17) is 5.73 Å². The Morgan fingerprint density at radius 2 is 2.12 bits per heavy atom. The molecule has 0 aliphatic rings. The summed E-state index contributed by atoms with van der Waals surface area (Å²) in [5.74, 6) is -1.75. The van der Waals surface area contributed by atoms with Gasteiger partial charge in [0, 0.05) is 20.2 Å². The van der Waals surface area contributed by atoms with Crippen molar-refractivity contribution < 1.29 is 14.1 Å². The van der Waals surface area contributed by atoms with E-state index in [-0.39, 0.29) is 0 Å². The maximum Gasteiger partial charge on any atom is 0.293 e. The van der Waals surface area contributed by atoms with Crippen LogP contribution in [-0.4, -0.2) is 29.9 Å². The summed E-state index contributed by atoms with van der Waals surface area (Å²) in [4.78, 5) is 21.4. The quantitative estimate of drug-likeness (QED) is 0.457. The summed E-state index contributed by atoms with van der Waals surface area (Å²) in [6.07, 6.45) is 0. The number of nitrogens with two attached hydrogens (primary N) is 1. The molecule has 1 amide bonds. The van der Waals surface area contributed by atoms with E-state index in [1.54, 1.807) is 0 Å². The first-order valence-corrected chi connectivity index (χ1v) is 4.55. The highest BCUT2D eigenvalue weighted by Crippen LogP contribution is 2.27. The fourth-order valence-corrected chi connectivity index (χ4v) is 1.23. The van der Waals surface area contributed by atoms with E-state index in [0.29, 0.717) is 0 Å². The van der Waals surface area contributed by atoms with Crippen LogP contribution >= 0.6 is 0 Å². The van der Waals surface area contributed by atoms with Gasteiger partial charge in [-0.1, -0.05) is 0 Å². The van der Waals surface area contributed by atoms with Crippen molar-refractivity contribution in [3.8, 4) is 0 Å². The molecular formula is C9H11FN4O3. The molecule has 0 radical (unpaired) electrons. The molecule has 0 saturated carbocycles. The number of nitro groups is 1. The first-order valence-electron chi connectivity index (χ1n) is 4.55. The number of benzene rings is 1. The second-order valence-electron chi connectivity index (χ2n) is 3.45. The second kappa shape index (κ2) is 4.74. The molecule has 1 rings (SSSR count). The third-order valence-electron chi connectivity index (χ3n) is 1.92. The van der Waals surface area contributed by atoms with E-state index in [1.165, 1.54) is 19.1 Å². The van der Waals surface area contributed by atoms with Crippen molar-refractivity contribution in [2.45, 2.75) is 0 Å². The molecule has 0 bridgehead atoms. The molecule has 0 atom stereocenters. The van der Waals surface area contributed by atoms with Crippen LogP contribution < -0.4 is 11.2 Å². The fourth-order valence-electron chi connectivity index (χ4n) is 1.23. The minimum Gasteiger partial charge on any atom is -0.392 e. The van der Waals surface area contributed by atoms with Crippen molar-refractivity contribution in [1.82, 2.24) is 10.4 Å². The van der Waals surface area contributed by atoms with Crippen LogP contribution in [0.15, 0.2) is 12.1 Å². The van der Waals surface area contributed by atoms with Gasteiger partial charge in [0.1, 0.15) is 17.1 Å². The van der Waals surface area contributed by atoms with Gasteiger partial charge in [0.05, 0.1) is 4.92 Å². The molecular weight excluding hydrogens is 231 g/mol. The molecule has 17 heavy (non-hydrogen) atoms. The van der Waals surface area contributed by atoms with Gasteiger partial charge in [0.2, 0.25) is 0 Å². The lowest BCUT2D eigenvalue weighted by atomic mass is 10.1. The van der Waals surface area contributed by atoms with Gasteiger partial charge in [-0.05, 0) is 6.07 Å². The number of rotatable bonds is 3. The molecule has 0 aromatic heterocycles. The SMILES string of the molecule is CN(C)NC(=O)c1c(F)ccc([N+](=O)[O-])c1N. The van der Waals surface area contributed by atoms with E-state index in [2.05, 4.69) is 5.43 Å². The second-order valence-corrected chi connectivity index (χ2v) is 3.45. The molecule has 0 fully saturated rings. The van der Waals surface area contributed by atoms with Gasteiger partial charge >= 0.3 is 0 Å². The molecule has 0 aliphatic carbocycles. The maximum atomic E-state index is 13.4. The lowest BCUT2D eigenvalue weighted by Crippen LogP contribution is -2.37. The summed E-state index contributed by atoms with van der Waals surface area (Å²) < 4.78 is 13.4. The van der Waals surface area contributed by atoms with E-state index >= 15 is 0 Å². The topological polar surface area (TPSA) is 102 Å². The normalized spacial score (nSPS) is 10.4. The molecule has 7 nitrogen and oxygen atoms in total. The van der Waals surface area contributed by atoms with E-state index in [0.717, 1.165) is 12.1 Å². The van der Waals surface area contributed by atoms with E-state index in [1.807, 2.05) is 0 Å². The van der Waals surface area contributed by atoms with Crippen molar-refractivity contribution in [2.24, 2.45) is 0 Å². The number of hydrogen-bond acceptors (Lipinski definition) is 5. The average Bonchev–Trinajstić information content (AvgIpc) is 2.15. The first kappa shape index (κ1) is 12.8. The van der Waals surface area contributed by atoms with Gasteiger partial charge in [-0.3, -0.25) is 20.3 Å². The number of hydrogen-bond donors (Lipinski definition) is 2. The van der Waals surface area contributed by atoms with Crippen molar-refractivity contribution in [3.05, 3.63) is 33.6 Å². The first-order chi connectivity index (χ1) is 7.84. The Morgan fingerprint density at radius 3 is 2.59 bits per heavy atom. The Kier molecular flexibility index (Phi) is 3.59. The molecule has 0 heterocycles. The predicted molar refractivity (Wildman–Crippen MR) is 58.6 cm³/mol. The summed E-state index contributed by atoms with van der Waals surface area (Å²) in [7, 11) is 3.03. The summed E-state index contributed by atoms with van der Waals surface area (Å²) in [6, 6.07) is 1.75. The highest BCUT2D eigenvalue weighted by Gasteiger charge is 2.23. The number of carbonyl (C=O) groups excluding carboxylic acids is 1. The molecule has 92 valence electrons. The highest BCUT2D eigenvalue weighted by molar-refractivity contribution is 6.01. The molecule has 0 unspecified atom stereocenters. The summed E-state index contributed by atoms with van der Waals surface area (Å²) >= 11 is 0. The standard InChI is InChI=1S/C9H11FN4O3/c1-13(2)12-9(15)7-5(10)3-4-6(8(7)11)14(16)17/h3-4H,11H2,1-2H3,(H,12,15). The van der Waals surface area contributed by atoms with Crippen LogP contribution in [0, 0.1) is 15.9 Å². The van der Waals surface area contributed by atoms with Crippen LogP contribution in [0.1, 0.15) is 10.4 Å². The zero-order valence-electron chi connectivity index (χ0n) is 9.23. The Bertz CT molecular complexity index is 476. The van der Waals surface area contributed by atoms with Crippen LogP contribution in [0.3, 0.4) is 0 Å². The number of nitrogens with one attached hydrogen (secondary N) is 1. The lowest BCUT2D eigenvalue weighted by Gasteiger charge is -2.13. The van der Waals surface area contributed by atoms with E-state index in [9.17, 15) is 19.3 Å². The summed E-state index contributed by atoms with van der Waals surface area (Å²) in [5.41, 5.74) is 6.13. The zero-order chi connectivity index (χ0) is 13.2. The number of halogens is 1. The number of nitrogens with zero attached hydrogens (tertiary/aromatic N) is 2. The van der Waals surface area contributed by atoms with Crippen molar-refractivity contribution in [1.29, 1.82) is 0 Å². The van der Waals surface area contributed by atoms with Gasteiger partial charge in [0.25, 0.3) is 11.6 Å². The van der Waals surface area contributed by atoms with Crippen molar-refractivity contribution in [3.63, 3.8) is 0 Å². The molecule has 3 N–H and O–H groups in total. The molecule has 0 spiro atoms. The molecule has 0 saturated heterocycles. The molecule has 8 heteroatoms. The zero-order valence-corrected chi connectivity index (χ0v) is 9.23. The van der Waals surface area contributed by atoms with Gasteiger partial charge in [-0.15, -0.1) is 0 Å². The minimum atomic E-state index is -0.910. The molecule has 1 aromatic carbocycles. The number of nitro benzene ring substituents is 1. The Hall–Kier alpha value is -2.22. The van der Waals surface area contributed by atoms with Crippen LogP contribution in [-0.2, 0) is 0 Å². The number of anilines is 1. The van der Waals surface area contributed by atoms with Gasteiger partial charge in [0.15, 0.2) is 0 Å². The molecule has 1 aromatic rings. The lowest BCUT2D eigenvalue weighted by molar-refractivity contribution is -0.384. The van der Waals surface area contributed by atoms with Crippen LogP contribution in [0.4, 0.5) is 15.8 Å². The number of carbonyl (C=O) groups is 1. The van der Waals surface area contributed by atoms with Gasteiger partial charge in [-0.2, -0.15) is 0 Å². The predicted octanol–water partition coefficient (Wildman–Crippen LogP) is 0.522. The van der Waals surface area contributed by atoms with Crippen molar-refractivity contribution in [2.75, 3.05) is 19.8 Å². The number of nitrogen functional groups attached to an aromatic ring is 1. The summed E-state index contributed by atoms with van der Waals surface area (Å²) in [6.45, 7) is 0. The van der Waals surface area contributed by atoms with Gasteiger partial charge in [-0.25, -0.2) is 9.40 Å².